The van der Waals surface area contributed by atoms with Crippen LogP contribution in [-0.2, 0) is 15.9 Å². The summed E-state index contributed by atoms with van der Waals surface area (Å²) < 4.78 is 24.2. The van der Waals surface area contributed by atoms with Gasteiger partial charge in [0.15, 0.2) is 0 Å². The molecule has 1 rings (SSSR count). The van der Waals surface area contributed by atoms with Crippen molar-refractivity contribution in [3.05, 3.63) is 35.9 Å². The van der Waals surface area contributed by atoms with Crippen LogP contribution in [0.3, 0.4) is 0 Å². The van der Waals surface area contributed by atoms with Gasteiger partial charge < -0.3 is 0 Å². The minimum atomic E-state index is -3.26. The number of hydrogen-bond donors (Lipinski definition) is 0. The molecule has 0 aliphatic heterocycles. The van der Waals surface area contributed by atoms with Gasteiger partial charge in [-0.15, -0.1) is 11.6 Å². The summed E-state index contributed by atoms with van der Waals surface area (Å²) in [5.74, 6) is 0.339. The first kappa shape index (κ1) is 14.1. The fourth-order valence-electron chi connectivity index (χ4n) is 1.37. The third kappa shape index (κ3) is 3.48. The van der Waals surface area contributed by atoms with E-state index in [-0.39, 0.29) is 0 Å². The topological polar surface area (TPSA) is 37.4 Å². The van der Waals surface area contributed by atoms with Crippen LogP contribution in [0.2, 0.25) is 0 Å². The molecule has 0 aliphatic carbocycles. The van der Waals surface area contributed by atoms with E-state index < -0.39 is 10.0 Å². The second-order valence-corrected chi connectivity index (χ2v) is 6.31. The van der Waals surface area contributed by atoms with Crippen LogP contribution >= 0.6 is 11.6 Å². The number of sulfonamides is 1. The highest BCUT2D eigenvalue weighted by Gasteiger charge is 2.13. The van der Waals surface area contributed by atoms with Gasteiger partial charge in [0.25, 0.3) is 0 Å². The molecule has 0 heterocycles. The van der Waals surface area contributed by atoms with Gasteiger partial charge in [0.2, 0.25) is 10.0 Å². The van der Waals surface area contributed by atoms with E-state index in [1.54, 1.807) is 12.1 Å². The summed E-state index contributed by atoms with van der Waals surface area (Å²) in [7, 11) is -1.74. The SMILES string of the molecule is C=C(C)c1cc(CCl)cc(N(C)S(C)(=O)=O)c1. The van der Waals surface area contributed by atoms with E-state index in [0.29, 0.717) is 11.6 Å². The molecule has 5 heteroatoms. The minimum absolute atomic E-state index is 0.339. The molecule has 0 N–H and O–H groups in total. The molecule has 0 amide bonds. The van der Waals surface area contributed by atoms with Crippen molar-refractivity contribution in [1.82, 2.24) is 0 Å². The number of benzene rings is 1. The molecular weight excluding hydrogens is 258 g/mol. The lowest BCUT2D eigenvalue weighted by atomic mass is 10.1. The monoisotopic (exact) mass is 273 g/mol. The molecule has 0 radical (unpaired) electrons. The average Bonchev–Trinajstić information content (AvgIpc) is 2.26. The molecule has 0 aliphatic rings. The van der Waals surface area contributed by atoms with E-state index in [2.05, 4.69) is 6.58 Å². The summed E-state index contributed by atoms with van der Waals surface area (Å²) in [5, 5.41) is 0. The average molecular weight is 274 g/mol. The first-order valence-corrected chi connectivity index (χ1v) is 7.43. The standard InChI is InChI=1S/C12H16ClNO2S/c1-9(2)11-5-10(8-13)6-12(7-11)14(3)17(4,15)16/h5-7H,1,8H2,2-4H3. The van der Waals surface area contributed by atoms with Crippen molar-refractivity contribution in [2.75, 3.05) is 17.6 Å². The summed E-state index contributed by atoms with van der Waals surface area (Å²) in [4.78, 5) is 0. The second-order valence-electron chi connectivity index (χ2n) is 4.03. The normalized spacial score (nSPS) is 11.3. The lowest BCUT2D eigenvalue weighted by Gasteiger charge is -2.18. The van der Waals surface area contributed by atoms with Gasteiger partial charge in [-0.05, 0) is 30.2 Å². The van der Waals surface area contributed by atoms with Crippen molar-refractivity contribution in [3.8, 4) is 0 Å². The molecule has 0 bridgehead atoms. The number of hydrogen-bond acceptors (Lipinski definition) is 2. The molecule has 1 aromatic carbocycles. The summed E-state index contributed by atoms with van der Waals surface area (Å²) >= 11 is 5.80. The Balaban J connectivity index is 3.34. The van der Waals surface area contributed by atoms with Gasteiger partial charge in [0.05, 0.1) is 11.9 Å². The number of halogens is 1. The summed E-state index contributed by atoms with van der Waals surface area (Å²) in [6, 6.07) is 5.47. The second kappa shape index (κ2) is 5.10. The largest absolute Gasteiger partial charge is 0.274 e. The van der Waals surface area contributed by atoms with E-state index in [0.717, 1.165) is 16.7 Å². The third-order valence-corrected chi connectivity index (χ3v) is 4.00. The van der Waals surface area contributed by atoms with Gasteiger partial charge in [0.1, 0.15) is 0 Å². The molecule has 0 atom stereocenters. The van der Waals surface area contributed by atoms with Crippen LogP contribution in [0.15, 0.2) is 24.8 Å². The maximum absolute atomic E-state index is 11.5. The molecule has 3 nitrogen and oxygen atoms in total. The van der Waals surface area contributed by atoms with Gasteiger partial charge in [-0.1, -0.05) is 18.2 Å². The Morgan fingerprint density at radius 1 is 1.41 bits per heavy atom. The van der Waals surface area contributed by atoms with Crippen LogP contribution in [0.25, 0.3) is 5.57 Å². The lowest BCUT2D eigenvalue weighted by molar-refractivity contribution is 0.600. The maximum Gasteiger partial charge on any atom is 0.231 e. The van der Waals surface area contributed by atoms with Gasteiger partial charge in [-0.25, -0.2) is 8.42 Å². The number of anilines is 1. The number of nitrogens with zero attached hydrogens (tertiary/aromatic N) is 1. The lowest BCUT2D eigenvalue weighted by Crippen LogP contribution is -2.25. The molecule has 0 unspecified atom stereocenters. The molecule has 0 spiro atoms. The van der Waals surface area contributed by atoms with Crippen molar-refractivity contribution in [1.29, 1.82) is 0 Å². The van der Waals surface area contributed by atoms with E-state index in [9.17, 15) is 8.42 Å². The van der Waals surface area contributed by atoms with E-state index >= 15 is 0 Å². The predicted molar refractivity (Wildman–Crippen MR) is 74.0 cm³/mol. The Hall–Kier alpha value is -1.00. The number of alkyl halides is 1. The van der Waals surface area contributed by atoms with Gasteiger partial charge in [-0.2, -0.15) is 0 Å². The third-order valence-electron chi connectivity index (χ3n) is 2.49. The smallest absolute Gasteiger partial charge is 0.231 e. The van der Waals surface area contributed by atoms with Crippen molar-refractivity contribution in [2.45, 2.75) is 12.8 Å². The molecule has 1 aromatic rings. The maximum atomic E-state index is 11.5. The molecule has 17 heavy (non-hydrogen) atoms. The van der Waals surface area contributed by atoms with Gasteiger partial charge in [0, 0.05) is 12.9 Å². The quantitative estimate of drug-likeness (QED) is 0.791. The van der Waals surface area contributed by atoms with Crippen LogP contribution in [0.5, 0.6) is 0 Å². The van der Waals surface area contributed by atoms with Crippen LogP contribution in [0.4, 0.5) is 5.69 Å². The van der Waals surface area contributed by atoms with Crippen molar-refractivity contribution in [3.63, 3.8) is 0 Å². The van der Waals surface area contributed by atoms with Crippen LogP contribution in [0.1, 0.15) is 18.1 Å². The Kier molecular flexibility index (Phi) is 4.22. The zero-order valence-electron chi connectivity index (χ0n) is 10.2. The highest BCUT2D eigenvalue weighted by molar-refractivity contribution is 7.92. The van der Waals surface area contributed by atoms with Crippen molar-refractivity contribution >= 4 is 32.9 Å². The zero-order chi connectivity index (χ0) is 13.2. The highest BCUT2D eigenvalue weighted by atomic mass is 35.5. The Bertz CT molecular complexity index is 537. The molecule has 0 saturated heterocycles. The minimum Gasteiger partial charge on any atom is -0.274 e. The van der Waals surface area contributed by atoms with Crippen LogP contribution < -0.4 is 4.31 Å². The summed E-state index contributed by atoms with van der Waals surface area (Å²) in [6.07, 6.45) is 1.17. The van der Waals surface area contributed by atoms with Gasteiger partial charge in [-0.3, -0.25) is 4.31 Å². The van der Waals surface area contributed by atoms with E-state index in [4.69, 9.17) is 11.6 Å². The first-order valence-electron chi connectivity index (χ1n) is 5.05. The fraction of sp³-hybridized carbons (Fsp3) is 0.333. The zero-order valence-corrected chi connectivity index (χ0v) is 11.8. The Morgan fingerprint density at radius 3 is 2.41 bits per heavy atom. The summed E-state index contributed by atoms with van der Waals surface area (Å²) in [5.41, 5.74) is 3.25. The number of rotatable bonds is 4. The highest BCUT2D eigenvalue weighted by Crippen LogP contribution is 2.24. The van der Waals surface area contributed by atoms with E-state index in [1.807, 2.05) is 13.0 Å². The number of allylic oxidation sites excluding steroid dienone is 1. The van der Waals surface area contributed by atoms with Crippen molar-refractivity contribution < 1.29 is 8.42 Å². The van der Waals surface area contributed by atoms with Crippen LogP contribution in [-0.4, -0.2) is 21.7 Å². The Labute approximate surface area is 108 Å². The molecular formula is C12H16ClNO2S. The predicted octanol–water partition coefficient (Wildman–Crippen LogP) is 2.85. The fourth-order valence-corrected chi connectivity index (χ4v) is 2.01. The molecule has 0 saturated carbocycles. The molecule has 0 fully saturated rings. The Morgan fingerprint density at radius 2 is 2.00 bits per heavy atom. The van der Waals surface area contributed by atoms with Crippen LogP contribution in [0, 0.1) is 0 Å². The van der Waals surface area contributed by atoms with Crippen molar-refractivity contribution in [2.24, 2.45) is 0 Å². The first-order chi connectivity index (χ1) is 7.75. The van der Waals surface area contributed by atoms with Gasteiger partial charge >= 0.3 is 0 Å². The summed E-state index contributed by atoms with van der Waals surface area (Å²) in [6.45, 7) is 5.72. The molecule has 0 aromatic heterocycles. The molecule has 94 valence electrons. The van der Waals surface area contributed by atoms with E-state index in [1.165, 1.54) is 17.6 Å².